The molecule has 3 heteroatoms. The van der Waals surface area contributed by atoms with Crippen LogP contribution in [0.25, 0.3) is 0 Å². The lowest BCUT2D eigenvalue weighted by Gasteiger charge is -2.44. The maximum absolute atomic E-state index is 5.64. The molecule has 1 aliphatic carbocycles. The smallest absolute Gasteiger partial charge is 0.195 e. The largest absolute Gasteiger partial charge is 0.446 e. The van der Waals surface area contributed by atoms with Crippen molar-refractivity contribution in [2.24, 2.45) is 5.41 Å². The molecule has 90 valence electrons. The molecule has 0 bridgehead atoms. The molecule has 0 saturated heterocycles. The van der Waals surface area contributed by atoms with Gasteiger partial charge in [-0.1, -0.05) is 6.42 Å². The lowest BCUT2D eigenvalue weighted by molar-refractivity contribution is 0.141. The third-order valence-corrected chi connectivity index (χ3v) is 3.64. The van der Waals surface area contributed by atoms with Crippen LogP contribution in [0.2, 0.25) is 0 Å². The van der Waals surface area contributed by atoms with Crippen LogP contribution in [0, 0.1) is 12.3 Å². The van der Waals surface area contributed by atoms with Crippen LogP contribution in [0.3, 0.4) is 0 Å². The number of nitrogens with zero attached hydrogens (tertiary/aromatic N) is 1. The molecule has 0 radical (unpaired) electrons. The molecule has 1 aromatic heterocycles. The molecular formula is C13H22N2O. The first kappa shape index (κ1) is 11.5. The summed E-state index contributed by atoms with van der Waals surface area (Å²) >= 11 is 0. The zero-order valence-corrected chi connectivity index (χ0v) is 10.5. The number of hydrogen-bond donors (Lipinski definition) is 1. The maximum atomic E-state index is 5.64. The van der Waals surface area contributed by atoms with Crippen LogP contribution < -0.4 is 10.2 Å². The van der Waals surface area contributed by atoms with Crippen molar-refractivity contribution in [3.63, 3.8) is 0 Å². The van der Waals surface area contributed by atoms with Crippen LogP contribution in [-0.4, -0.2) is 27.2 Å². The molecule has 0 unspecified atom stereocenters. The topological polar surface area (TPSA) is 28.4 Å². The zero-order valence-electron chi connectivity index (χ0n) is 10.5. The van der Waals surface area contributed by atoms with Crippen LogP contribution in [-0.2, 0) is 0 Å². The van der Waals surface area contributed by atoms with Gasteiger partial charge in [-0.3, -0.25) is 0 Å². The Morgan fingerprint density at radius 1 is 1.44 bits per heavy atom. The third kappa shape index (κ3) is 2.24. The molecule has 1 saturated carbocycles. The Bertz CT molecular complexity index is 341. The monoisotopic (exact) mass is 222 g/mol. The highest BCUT2D eigenvalue weighted by Gasteiger charge is 2.37. The quantitative estimate of drug-likeness (QED) is 0.829. The Balaban J connectivity index is 1.98. The minimum atomic E-state index is 0.462. The van der Waals surface area contributed by atoms with Gasteiger partial charge in [-0.05, 0) is 32.9 Å². The highest BCUT2D eigenvalue weighted by atomic mass is 16.4. The number of nitrogens with one attached hydrogen (secondary N) is 1. The standard InChI is InChI=1S/C13H22N2O/c1-11-5-6-12(16-11)15(3)10-13(9-14-2)7-4-8-13/h5-6,14H,4,7-10H2,1-3H3. The summed E-state index contributed by atoms with van der Waals surface area (Å²) < 4.78 is 5.64. The van der Waals surface area contributed by atoms with Gasteiger partial charge in [-0.15, -0.1) is 0 Å². The molecule has 16 heavy (non-hydrogen) atoms. The van der Waals surface area contributed by atoms with Crippen molar-refractivity contribution in [3.05, 3.63) is 17.9 Å². The van der Waals surface area contributed by atoms with Crippen molar-refractivity contribution in [1.82, 2.24) is 5.32 Å². The number of rotatable bonds is 5. The lowest BCUT2D eigenvalue weighted by Crippen LogP contribution is -2.46. The van der Waals surface area contributed by atoms with Gasteiger partial charge in [0.05, 0.1) is 0 Å². The molecule has 1 aliphatic rings. The molecule has 2 rings (SSSR count). The molecule has 0 spiro atoms. The molecule has 1 fully saturated rings. The first-order valence-corrected chi connectivity index (χ1v) is 6.07. The van der Waals surface area contributed by atoms with Gasteiger partial charge < -0.3 is 14.6 Å². The minimum Gasteiger partial charge on any atom is -0.446 e. The molecule has 0 aliphatic heterocycles. The van der Waals surface area contributed by atoms with Gasteiger partial charge in [0.2, 0.25) is 0 Å². The minimum absolute atomic E-state index is 0.462. The van der Waals surface area contributed by atoms with Crippen LogP contribution in [0.5, 0.6) is 0 Å². The summed E-state index contributed by atoms with van der Waals surface area (Å²) in [6, 6.07) is 4.08. The van der Waals surface area contributed by atoms with E-state index in [1.54, 1.807) is 0 Å². The second-order valence-corrected chi connectivity index (χ2v) is 5.12. The van der Waals surface area contributed by atoms with Crippen LogP contribution in [0.15, 0.2) is 16.5 Å². The van der Waals surface area contributed by atoms with E-state index in [0.29, 0.717) is 5.41 Å². The summed E-state index contributed by atoms with van der Waals surface area (Å²) in [6.45, 7) is 4.18. The highest BCUT2D eigenvalue weighted by molar-refractivity contribution is 5.35. The fourth-order valence-corrected chi connectivity index (χ4v) is 2.65. The molecule has 3 nitrogen and oxygen atoms in total. The van der Waals surface area contributed by atoms with Crippen molar-refractivity contribution < 1.29 is 4.42 Å². The second-order valence-electron chi connectivity index (χ2n) is 5.12. The van der Waals surface area contributed by atoms with Gasteiger partial charge in [0.1, 0.15) is 5.76 Å². The SMILES string of the molecule is CNCC1(CN(C)c2ccc(C)o2)CCC1. The summed E-state index contributed by atoms with van der Waals surface area (Å²) in [4.78, 5) is 2.24. The molecule has 0 amide bonds. The van der Waals surface area contributed by atoms with E-state index >= 15 is 0 Å². The van der Waals surface area contributed by atoms with Crippen molar-refractivity contribution >= 4 is 5.88 Å². The summed E-state index contributed by atoms with van der Waals surface area (Å²) in [5.41, 5.74) is 0.462. The Labute approximate surface area is 97.8 Å². The Hall–Kier alpha value is -0.960. The van der Waals surface area contributed by atoms with Gasteiger partial charge in [0.25, 0.3) is 0 Å². The lowest BCUT2D eigenvalue weighted by atomic mass is 9.68. The van der Waals surface area contributed by atoms with Crippen LogP contribution in [0.1, 0.15) is 25.0 Å². The van der Waals surface area contributed by atoms with E-state index in [-0.39, 0.29) is 0 Å². The van der Waals surface area contributed by atoms with E-state index in [1.807, 2.05) is 20.0 Å². The van der Waals surface area contributed by atoms with Crippen molar-refractivity contribution in [1.29, 1.82) is 0 Å². The van der Waals surface area contributed by atoms with E-state index in [9.17, 15) is 0 Å². The Morgan fingerprint density at radius 2 is 2.19 bits per heavy atom. The zero-order chi connectivity index (χ0) is 11.6. The average Bonchev–Trinajstić information content (AvgIpc) is 2.61. The molecular weight excluding hydrogens is 200 g/mol. The van der Waals surface area contributed by atoms with E-state index in [4.69, 9.17) is 4.42 Å². The summed E-state index contributed by atoms with van der Waals surface area (Å²) in [5.74, 6) is 1.97. The first-order valence-electron chi connectivity index (χ1n) is 6.07. The third-order valence-electron chi connectivity index (χ3n) is 3.64. The normalized spacial score (nSPS) is 18.2. The number of hydrogen-bond acceptors (Lipinski definition) is 3. The van der Waals surface area contributed by atoms with Gasteiger partial charge >= 0.3 is 0 Å². The molecule has 0 atom stereocenters. The Kier molecular flexibility index (Phi) is 3.24. The van der Waals surface area contributed by atoms with E-state index < -0.39 is 0 Å². The maximum Gasteiger partial charge on any atom is 0.195 e. The molecule has 0 aromatic carbocycles. The molecule has 1 aromatic rings. The Morgan fingerprint density at radius 3 is 2.62 bits per heavy atom. The first-order chi connectivity index (χ1) is 7.65. The van der Waals surface area contributed by atoms with Gasteiger partial charge in [-0.2, -0.15) is 0 Å². The van der Waals surface area contributed by atoms with Crippen molar-refractivity contribution in [3.8, 4) is 0 Å². The average molecular weight is 222 g/mol. The van der Waals surface area contributed by atoms with Gasteiger partial charge in [-0.25, -0.2) is 0 Å². The van der Waals surface area contributed by atoms with Gasteiger partial charge in [0, 0.05) is 31.6 Å². The fraction of sp³-hybridized carbons (Fsp3) is 0.692. The number of furan rings is 1. The van der Waals surface area contributed by atoms with E-state index in [1.165, 1.54) is 19.3 Å². The molecule has 1 N–H and O–H groups in total. The predicted molar refractivity (Wildman–Crippen MR) is 66.9 cm³/mol. The summed E-state index contributed by atoms with van der Waals surface area (Å²) in [5, 5.41) is 3.32. The number of anilines is 1. The van der Waals surface area contributed by atoms with E-state index in [2.05, 4.69) is 23.3 Å². The highest BCUT2D eigenvalue weighted by Crippen LogP contribution is 2.41. The summed E-state index contributed by atoms with van der Waals surface area (Å²) in [7, 11) is 4.16. The van der Waals surface area contributed by atoms with Crippen molar-refractivity contribution in [2.45, 2.75) is 26.2 Å². The fourth-order valence-electron chi connectivity index (χ4n) is 2.65. The number of aryl methyl sites for hydroxylation is 1. The van der Waals surface area contributed by atoms with E-state index in [0.717, 1.165) is 24.7 Å². The van der Waals surface area contributed by atoms with Crippen LogP contribution in [0.4, 0.5) is 5.88 Å². The van der Waals surface area contributed by atoms with Crippen LogP contribution >= 0.6 is 0 Å². The summed E-state index contributed by atoms with van der Waals surface area (Å²) in [6.07, 6.45) is 4.03. The predicted octanol–water partition coefficient (Wildman–Crippen LogP) is 2.41. The van der Waals surface area contributed by atoms with Crippen molar-refractivity contribution in [2.75, 3.05) is 32.1 Å². The molecule has 1 heterocycles. The van der Waals surface area contributed by atoms with Gasteiger partial charge in [0.15, 0.2) is 5.88 Å². The second kappa shape index (κ2) is 4.50.